The third kappa shape index (κ3) is 2.71. The monoisotopic (exact) mass is 317 g/mol. The van der Waals surface area contributed by atoms with Gasteiger partial charge in [0.2, 0.25) is 0 Å². The molecule has 0 fully saturated rings. The molecule has 0 spiro atoms. The molecule has 0 aliphatic rings. The summed E-state index contributed by atoms with van der Waals surface area (Å²) in [6.07, 6.45) is 0. The maximum Gasteiger partial charge on any atom is 0.138 e. The lowest BCUT2D eigenvalue weighted by Crippen LogP contribution is -2.30. The zero-order valence-electron chi connectivity index (χ0n) is 13.1. The van der Waals surface area contributed by atoms with Crippen LogP contribution in [-0.4, -0.2) is 21.6 Å². The number of nitrogens with one attached hydrogen (secondary N) is 1. The predicted octanol–water partition coefficient (Wildman–Crippen LogP) is 3.53. The van der Waals surface area contributed by atoms with Crippen LogP contribution in [0.2, 0.25) is 0 Å². The predicted molar refractivity (Wildman–Crippen MR) is 88.4 cm³/mol. The van der Waals surface area contributed by atoms with Gasteiger partial charge in [-0.25, -0.2) is 9.97 Å². The molecule has 0 aliphatic carbocycles. The molecule has 0 saturated carbocycles. The first kappa shape index (κ1) is 15.0. The van der Waals surface area contributed by atoms with Crippen LogP contribution in [-0.2, 0) is 5.60 Å². The van der Waals surface area contributed by atoms with E-state index in [9.17, 15) is 5.11 Å². The fourth-order valence-corrected chi connectivity index (χ4v) is 3.35. The molecule has 1 unspecified atom stereocenters. The van der Waals surface area contributed by atoms with E-state index >= 15 is 0 Å². The molecule has 0 amide bonds. The van der Waals surface area contributed by atoms with E-state index in [1.54, 1.807) is 24.3 Å². The zero-order valence-corrected chi connectivity index (χ0v) is 13.9. The molecular weight excluding hydrogens is 298 g/mol. The van der Waals surface area contributed by atoms with E-state index in [2.05, 4.69) is 20.7 Å². The molecule has 0 saturated heterocycles. The van der Waals surface area contributed by atoms with Gasteiger partial charge in [0, 0.05) is 0 Å². The molecule has 116 valence electrons. The normalized spacial score (nSPS) is 14.2. The summed E-state index contributed by atoms with van der Waals surface area (Å²) in [4.78, 5) is 9.89. The largest absolute Gasteiger partial charge is 0.463 e. The number of aryl methyl sites for hydroxylation is 3. The Balaban J connectivity index is 1.89. The van der Waals surface area contributed by atoms with Gasteiger partial charge < -0.3 is 14.8 Å². The van der Waals surface area contributed by atoms with Gasteiger partial charge in [0.05, 0.1) is 11.9 Å². The Kier molecular flexibility index (Phi) is 3.66. The van der Waals surface area contributed by atoms with Crippen LogP contribution in [0.1, 0.15) is 29.8 Å². The number of hydrogen-bond donors (Lipinski definition) is 2. The third-order valence-electron chi connectivity index (χ3n) is 3.60. The summed E-state index contributed by atoms with van der Waals surface area (Å²) in [5, 5.41) is 17.0. The number of nitrogens with zero attached hydrogens (tertiary/aromatic N) is 2. The summed E-state index contributed by atoms with van der Waals surface area (Å²) >= 11 is 1.60. The van der Waals surface area contributed by atoms with Gasteiger partial charge in [0.25, 0.3) is 0 Å². The molecule has 3 heterocycles. The van der Waals surface area contributed by atoms with E-state index in [0.717, 1.165) is 27.4 Å². The Bertz CT molecular complexity index is 820. The lowest BCUT2D eigenvalue weighted by atomic mass is 10.0. The molecule has 5 nitrogen and oxygen atoms in total. The minimum absolute atomic E-state index is 0.306. The zero-order chi connectivity index (χ0) is 15.9. The molecule has 0 bridgehead atoms. The molecule has 0 radical (unpaired) electrons. The molecular formula is C16H19N3O2S. The quantitative estimate of drug-likeness (QED) is 0.770. The lowest BCUT2D eigenvalue weighted by Gasteiger charge is -2.22. The first-order chi connectivity index (χ1) is 10.4. The van der Waals surface area contributed by atoms with Gasteiger partial charge >= 0.3 is 0 Å². The van der Waals surface area contributed by atoms with Gasteiger partial charge in [-0.15, -0.1) is 11.3 Å². The molecule has 22 heavy (non-hydrogen) atoms. The van der Waals surface area contributed by atoms with Crippen molar-refractivity contribution in [2.75, 3.05) is 11.9 Å². The van der Waals surface area contributed by atoms with Crippen LogP contribution < -0.4 is 5.32 Å². The standard InChI is InChI=1S/C16H19N3O2S/c1-9-7-22-15-13(9)14(18-11(3)19-15)17-8-16(4,20)12-6-5-10(2)21-12/h5-7,20H,8H2,1-4H3,(H,17,18,19). The highest BCUT2D eigenvalue weighted by atomic mass is 32.1. The van der Waals surface area contributed by atoms with Gasteiger partial charge in [-0.2, -0.15) is 0 Å². The van der Waals surface area contributed by atoms with E-state index in [-0.39, 0.29) is 0 Å². The van der Waals surface area contributed by atoms with E-state index in [0.29, 0.717) is 18.1 Å². The first-order valence-electron chi connectivity index (χ1n) is 7.12. The number of fused-ring (bicyclic) bond motifs is 1. The molecule has 3 rings (SSSR count). The first-order valence-corrected chi connectivity index (χ1v) is 8.00. The van der Waals surface area contributed by atoms with Crippen LogP contribution in [0, 0.1) is 20.8 Å². The van der Waals surface area contributed by atoms with Crippen molar-refractivity contribution in [3.8, 4) is 0 Å². The molecule has 2 N–H and O–H groups in total. The summed E-state index contributed by atoms with van der Waals surface area (Å²) in [7, 11) is 0. The highest BCUT2D eigenvalue weighted by molar-refractivity contribution is 7.17. The van der Waals surface area contributed by atoms with Crippen LogP contribution >= 0.6 is 11.3 Å². The van der Waals surface area contributed by atoms with Gasteiger partial charge in [0.15, 0.2) is 0 Å². The Morgan fingerprint density at radius 3 is 2.73 bits per heavy atom. The number of anilines is 1. The fraction of sp³-hybridized carbons (Fsp3) is 0.375. The maximum atomic E-state index is 10.6. The van der Waals surface area contributed by atoms with Crippen LogP contribution in [0.25, 0.3) is 10.2 Å². The molecule has 6 heteroatoms. The van der Waals surface area contributed by atoms with Gasteiger partial charge in [-0.1, -0.05) is 0 Å². The summed E-state index contributed by atoms with van der Waals surface area (Å²) in [5.74, 6) is 2.79. The number of thiophene rings is 1. The van der Waals surface area contributed by atoms with Gasteiger partial charge in [0.1, 0.15) is 33.6 Å². The van der Waals surface area contributed by atoms with E-state index in [4.69, 9.17) is 4.42 Å². The van der Waals surface area contributed by atoms with Crippen molar-refractivity contribution in [3.05, 3.63) is 40.4 Å². The molecule has 1 atom stereocenters. The van der Waals surface area contributed by atoms with E-state index in [1.807, 2.05) is 26.8 Å². The summed E-state index contributed by atoms with van der Waals surface area (Å²) in [6.45, 7) is 7.80. The smallest absolute Gasteiger partial charge is 0.138 e. The minimum Gasteiger partial charge on any atom is -0.463 e. The number of rotatable bonds is 4. The SMILES string of the molecule is Cc1nc(NCC(C)(O)c2ccc(C)o2)c2c(C)csc2n1. The van der Waals surface area contributed by atoms with Crippen molar-refractivity contribution in [1.29, 1.82) is 0 Å². The second-order valence-corrected chi connectivity index (χ2v) is 6.61. The van der Waals surface area contributed by atoms with Crippen LogP contribution in [0.3, 0.4) is 0 Å². The highest BCUT2D eigenvalue weighted by Crippen LogP contribution is 2.30. The third-order valence-corrected chi connectivity index (χ3v) is 4.59. The van der Waals surface area contributed by atoms with Crippen molar-refractivity contribution in [1.82, 2.24) is 9.97 Å². The molecule has 0 aromatic carbocycles. The minimum atomic E-state index is -1.11. The Morgan fingerprint density at radius 1 is 1.27 bits per heavy atom. The van der Waals surface area contributed by atoms with E-state index in [1.165, 1.54) is 0 Å². The topological polar surface area (TPSA) is 71.2 Å². The Morgan fingerprint density at radius 2 is 2.05 bits per heavy atom. The summed E-state index contributed by atoms with van der Waals surface area (Å²) in [5.41, 5.74) is 0.0274. The summed E-state index contributed by atoms with van der Waals surface area (Å²) < 4.78 is 5.54. The number of aromatic nitrogens is 2. The van der Waals surface area contributed by atoms with E-state index < -0.39 is 5.60 Å². The molecule has 3 aromatic heterocycles. The number of aliphatic hydroxyl groups is 1. The Hall–Kier alpha value is -1.92. The lowest BCUT2D eigenvalue weighted by molar-refractivity contribution is 0.0467. The second kappa shape index (κ2) is 5.37. The average molecular weight is 317 g/mol. The van der Waals surface area contributed by atoms with Crippen LogP contribution in [0.15, 0.2) is 21.9 Å². The molecule has 3 aromatic rings. The number of hydrogen-bond acceptors (Lipinski definition) is 6. The summed E-state index contributed by atoms with van der Waals surface area (Å²) in [6, 6.07) is 3.65. The Labute approximate surface area is 133 Å². The van der Waals surface area contributed by atoms with Gasteiger partial charge in [-0.3, -0.25) is 0 Å². The maximum absolute atomic E-state index is 10.6. The van der Waals surface area contributed by atoms with Crippen molar-refractivity contribution in [2.45, 2.75) is 33.3 Å². The van der Waals surface area contributed by atoms with Crippen LogP contribution in [0.5, 0.6) is 0 Å². The average Bonchev–Trinajstić information content (AvgIpc) is 3.03. The van der Waals surface area contributed by atoms with Crippen molar-refractivity contribution in [2.24, 2.45) is 0 Å². The fourth-order valence-electron chi connectivity index (χ4n) is 2.39. The highest BCUT2D eigenvalue weighted by Gasteiger charge is 2.27. The van der Waals surface area contributed by atoms with Gasteiger partial charge in [-0.05, 0) is 50.8 Å². The van der Waals surface area contributed by atoms with Crippen molar-refractivity contribution >= 4 is 27.4 Å². The van der Waals surface area contributed by atoms with Crippen molar-refractivity contribution < 1.29 is 9.52 Å². The van der Waals surface area contributed by atoms with Crippen LogP contribution in [0.4, 0.5) is 5.82 Å². The molecule has 0 aliphatic heterocycles. The van der Waals surface area contributed by atoms with Crippen molar-refractivity contribution in [3.63, 3.8) is 0 Å². The second-order valence-electron chi connectivity index (χ2n) is 5.76. The number of furan rings is 1.